The Balaban J connectivity index is 2.84. The number of carbonyl (C=O) groups is 1. The van der Waals surface area contributed by atoms with Crippen molar-refractivity contribution >= 4 is 17.7 Å². The van der Waals surface area contributed by atoms with Crippen LogP contribution in [-0.2, 0) is 4.79 Å². The van der Waals surface area contributed by atoms with Crippen molar-refractivity contribution in [1.82, 2.24) is 0 Å². The molecule has 1 aromatic rings. The van der Waals surface area contributed by atoms with Crippen molar-refractivity contribution in [1.29, 1.82) is 0 Å². The molecule has 15 heavy (non-hydrogen) atoms. The number of thioether (sulfide) groups is 1. The molecular weight excluding hydrogens is 215 g/mol. The number of carboxylic acids is 1. The van der Waals surface area contributed by atoms with Gasteiger partial charge < -0.3 is 5.11 Å². The molecule has 0 saturated heterocycles. The molecule has 0 saturated carbocycles. The second kappa shape index (κ2) is 5.16. The Labute approximate surface area is 92.5 Å². The van der Waals surface area contributed by atoms with Gasteiger partial charge in [-0.1, -0.05) is 26.0 Å². The zero-order chi connectivity index (χ0) is 11.4. The monoisotopic (exact) mass is 228 g/mol. The van der Waals surface area contributed by atoms with E-state index >= 15 is 0 Å². The lowest BCUT2D eigenvalue weighted by Crippen LogP contribution is -2.22. The van der Waals surface area contributed by atoms with Crippen LogP contribution < -0.4 is 0 Å². The first-order valence-corrected chi connectivity index (χ1v) is 5.54. The standard InChI is InChI=1S/C11H13FO2S/c1-7(2)10(11(13)14)15-9-6-4-3-5-8(9)12/h3-7,10H,1-2H3,(H,13,14). The fourth-order valence-corrected chi connectivity index (χ4v) is 2.13. The van der Waals surface area contributed by atoms with E-state index in [1.54, 1.807) is 18.2 Å². The van der Waals surface area contributed by atoms with Crippen LogP contribution in [-0.4, -0.2) is 16.3 Å². The van der Waals surface area contributed by atoms with E-state index < -0.39 is 11.2 Å². The predicted octanol–water partition coefficient (Wildman–Crippen LogP) is 3.03. The maximum atomic E-state index is 13.3. The summed E-state index contributed by atoms with van der Waals surface area (Å²) in [6.07, 6.45) is 0. The van der Waals surface area contributed by atoms with Crippen LogP contribution in [0.2, 0.25) is 0 Å². The molecule has 1 aromatic carbocycles. The summed E-state index contributed by atoms with van der Waals surface area (Å²) in [5.74, 6) is -1.31. The number of benzene rings is 1. The van der Waals surface area contributed by atoms with Gasteiger partial charge >= 0.3 is 5.97 Å². The van der Waals surface area contributed by atoms with E-state index in [1.165, 1.54) is 6.07 Å². The second-order valence-electron chi connectivity index (χ2n) is 3.55. The first-order valence-electron chi connectivity index (χ1n) is 4.66. The van der Waals surface area contributed by atoms with Crippen molar-refractivity contribution in [2.45, 2.75) is 24.0 Å². The molecule has 0 fully saturated rings. The average molecular weight is 228 g/mol. The lowest BCUT2D eigenvalue weighted by Gasteiger charge is -2.15. The van der Waals surface area contributed by atoms with E-state index in [1.807, 2.05) is 13.8 Å². The second-order valence-corrected chi connectivity index (χ2v) is 4.73. The zero-order valence-electron chi connectivity index (χ0n) is 8.61. The highest BCUT2D eigenvalue weighted by Gasteiger charge is 2.23. The molecule has 2 nitrogen and oxygen atoms in total. The van der Waals surface area contributed by atoms with Crippen LogP contribution in [0.4, 0.5) is 4.39 Å². The summed E-state index contributed by atoms with van der Waals surface area (Å²) in [7, 11) is 0. The van der Waals surface area contributed by atoms with Gasteiger partial charge in [-0.25, -0.2) is 4.39 Å². The van der Waals surface area contributed by atoms with Crippen molar-refractivity contribution in [2.75, 3.05) is 0 Å². The molecule has 1 rings (SSSR count). The van der Waals surface area contributed by atoms with Crippen molar-refractivity contribution in [3.8, 4) is 0 Å². The lowest BCUT2D eigenvalue weighted by atomic mass is 10.1. The third-order valence-electron chi connectivity index (χ3n) is 1.94. The topological polar surface area (TPSA) is 37.3 Å². The summed E-state index contributed by atoms with van der Waals surface area (Å²) < 4.78 is 13.3. The molecule has 82 valence electrons. The Morgan fingerprint density at radius 1 is 1.40 bits per heavy atom. The normalized spacial score (nSPS) is 12.8. The first-order chi connectivity index (χ1) is 7.02. The number of aliphatic carboxylic acids is 1. The van der Waals surface area contributed by atoms with Gasteiger partial charge in [0.05, 0.1) is 0 Å². The minimum absolute atomic E-state index is 0.0351. The minimum atomic E-state index is -0.904. The average Bonchev–Trinajstić information content (AvgIpc) is 2.15. The molecule has 1 atom stereocenters. The van der Waals surface area contributed by atoms with Crippen molar-refractivity contribution in [3.05, 3.63) is 30.1 Å². The van der Waals surface area contributed by atoms with Crippen LogP contribution in [0.5, 0.6) is 0 Å². The van der Waals surface area contributed by atoms with Gasteiger partial charge in [0.1, 0.15) is 11.1 Å². The van der Waals surface area contributed by atoms with Crippen LogP contribution in [0, 0.1) is 11.7 Å². The molecule has 0 spiro atoms. The maximum absolute atomic E-state index is 13.3. The van der Waals surface area contributed by atoms with Crippen LogP contribution in [0.15, 0.2) is 29.2 Å². The van der Waals surface area contributed by atoms with Gasteiger partial charge in [0.15, 0.2) is 0 Å². The predicted molar refractivity (Wildman–Crippen MR) is 58.5 cm³/mol. The summed E-state index contributed by atoms with van der Waals surface area (Å²) in [5.41, 5.74) is 0. The van der Waals surface area contributed by atoms with Crippen molar-refractivity contribution in [3.63, 3.8) is 0 Å². The number of hydrogen-bond donors (Lipinski definition) is 1. The number of halogens is 1. The molecule has 0 aliphatic heterocycles. The first kappa shape index (κ1) is 12.0. The van der Waals surface area contributed by atoms with Crippen LogP contribution in [0.3, 0.4) is 0 Å². The Morgan fingerprint density at radius 2 is 2.00 bits per heavy atom. The highest BCUT2D eigenvalue weighted by Crippen LogP contribution is 2.30. The molecule has 4 heteroatoms. The largest absolute Gasteiger partial charge is 0.480 e. The molecular formula is C11H13FO2S. The summed E-state index contributed by atoms with van der Waals surface area (Å²) in [4.78, 5) is 11.3. The van der Waals surface area contributed by atoms with E-state index in [4.69, 9.17) is 5.11 Å². The van der Waals surface area contributed by atoms with Crippen LogP contribution in [0.1, 0.15) is 13.8 Å². The Hall–Kier alpha value is -1.03. The summed E-state index contributed by atoms with van der Waals surface area (Å²) in [6, 6.07) is 6.22. The van der Waals surface area contributed by atoms with E-state index in [0.717, 1.165) is 11.8 Å². The summed E-state index contributed by atoms with van der Waals surface area (Å²) in [6.45, 7) is 3.62. The molecule has 0 amide bonds. The molecule has 0 aliphatic rings. The van der Waals surface area contributed by atoms with Gasteiger partial charge in [-0.15, -0.1) is 11.8 Å². The Bertz CT molecular complexity index is 352. The zero-order valence-corrected chi connectivity index (χ0v) is 9.42. The van der Waals surface area contributed by atoms with Gasteiger partial charge in [-0.2, -0.15) is 0 Å². The fraction of sp³-hybridized carbons (Fsp3) is 0.364. The molecule has 0 radical (unpaired) electrons. The fourth-order valence-electron chi connectivity index (χ4n) is 1.15. The van der Waals surface area contributed by atoms with Gasteiger partial charge in [0.2, 0.25) is 0 Å². The van der Waals surface area contributed by atoms with E-state index in [9.17, 15) is 9.18 Å². The summed E-state index contributed by atoms with van der Waals surface area (Å²) in [5, 5.41) is 8.34. The maximum Gasteiger partial charge on any atom is 0.317 e. The van der Waals surface area contributed by atoms with Gasteiger partial charge in [0.25, 0.3) is 0 Å². The van der Waals surface area contributed by atoms with Crippen LogP contribution >= 0.6 is 11.8 Å². The van der Waals surface area contributed by atoms with Gasteiger partial charge in [-0.05, 0) is 18.1 Å². The van der Waals surface area contributed by atoms with Crippen LogP contribution in [0.25, 0.3) is 0 Å². The number of hydrogen-bond acceptors (Lipinski definition) is 2. The van der Waals surface area contributed by atoms with E-state index in [0.29, 0.717) is 4.90 Å². The Morgan fingerprint density at radius 3 is 2.47 bits per heavy atom. The molecule has 0 heterocycles. The summed E-state index contributed by atoms with van der Waals surface area (Å²) >= 11 is 1.06. The van der Waals surface area contributed by atoms with Gasteiger partial charge in [0, 0.05) is 4.90 Å². The highest BCUT2D eigenvalue weighted by molar-refractivity contribution is 8.00. The number of rotatable bonds is 4. The van der Waals surface area contributed by atoms with E-state index in [2.05, 4.69) is 0 Å². The Kier molecular flexibility index (Phi) is 4.15. The minimum Gasteiger partial charge on any atom is -0.480 e. The highest BCUT2D eigenvalue weighted by atomic mass is 32.2. The third kappa shape index (κ3) is 3.23. The molecule has 0 aliphatic carbocycles. The van der Waals surface area contributed by atoms with Gasteiger partial charge in [-0.3, -0.25) is 4.79 Å². The molecule has 1 unspecified atom stereocenters. The molecule has 0 bridgehead atoms. The SMILES string of the molecule is CC(C)C(Sc1ccccc1F)C(=O)O. The quantitative estimate of drug-likeness (QED) is 0.805. The number of carboxylic acid groups (broad SMARTS) is 1. The van der Waals surface area contributed by atoms with E-state index in [-0.39, 0.29) is 11.7 Å². The third-order valence-corrected chi connectivity index (χ3v) is 3.52. The molecule has 1 N–H and O–H groups in total. The lowest BCUT2D eigenvalue weighted by molar-refractivity contribution is -0.137. The van der Waals surface area contributed by atoms with Crippen molar-refractivity contribution < 1.29 is 14.3 Å². The van der Waals surface area contributed by atoms with Crippen molar-refractivity contribution in [2.24, 2.45) is 5.92 Å². The molecule has 0 aromatic heterocycles. The smallest absolute Gasteiger partial charge is 0.317 e.